The SMILES string of the molecule is CNc1nc(N[C@@]2(C)CCNC2)nc2nc(C)cc(C)c12. The second kappa shape index (κ2) is 5.11. The summed E-state index contributed by atoms with van der Waals surface area (Å²) in [5, 5.41) is 11.0. The van der Waals surface area contributed by atoms with Crippen LogP contribution in [-0.2, 0) is 0 Å². The van der Waals surface area contributed by atoms with Crippen molar-refractivity contribution in [3.8, 4) is 0 Å². The topological polar surface area (TPSA) is 74.8 Å². The van der Waals surface area contributed by atoms with Crippen LogP contribution >= 0.6 is 0 Å². The van der Waals surface area contributed by atoms with Crippen molar-refractivity contribution < 1.29 is 0 Å². The Labute approximate surface area is 124 Å². The lowest BCUT2D eigenvalue weighted by Crippen LogP contribution is -2.37. The molecule has 21 heavy (non-hydrogen) atoms. The first kappa shape index (κ1) is 14.0. The summed E-state index contributed by atoms with van der Waals surface area (Å²) >= 11 is 0. The van der Waals surface area contributed by atoms with Crippen molar-refractivity contribution in [1.29, 1.82) is 0 Å². The highest BCUT2D eigenvalue weighted by Gasteiger charge is 2.29. The average Bonchev–Trinajstić information content (AvgIpc) is 2.83. The van der Waals surface area contributed by atoms with E-state index in [1.165, 1.54) is 0 Å². The minimum Gasteiger partial charge on any atom is -0.372 e. The van der Waals surface area contributed by atoms with Gasteiger partial charge in [0.2, 0.25) is 5.95 Å². The molecule has 0 aromatic carbocycles. The number of anilines is 2. The molecule has 1 saturated heterocycles. The van der Waals surface area contributed by atoms with Gasteiger partial charge in [-0.15, -0.1) is 0 Å². The van der Waals surface area contributed by atoms with Crippen molar-refractivity contribution in [3.05, 3.63) is 17.3 Å². The zero-order valence-corrected chi connectivity index (χ0v) is 13.0. The fraction of sp³-hybridized carbons (Fsp3) is 0.533. The molecule has 0 bridgehead atoms. The van der Waals surface area contributed by atoms with E-state index in [1.807, 2.05) is 14.0 Å². The number of rotatable bonds is 3. The third-order valence-corrected chi connectivity index (χ3v) is 4.01. The minimum absolute atomic E-state index is 0.00242. The van der Waals surface area contributed by atoms with Crippen molar-refractivity contribution in [3.63, 3.8) is 0 Å². The number of aryl methyl sites for hydroxylation is 2. The van der Waals surface area contributed by atoms with E-state index in [2.05, 4.69) is 50.8 Å². The highest BCUT2D eigenvalue weighted by atomic mass is 15.2. The van der Waals surface area contributed by atoms with Gasteiger partial charge in [0.05, 0.1) is 10.9 Å². The molecule has 1 aliphatic rings. The molecule has 1 aliphatic heterocycles. The van der Waals surface area contributed by atoms with E-state index in [1.54, 1.807) is 0 Å². The zero-order valence-electron chi connectivity index (χ0n) is 13.0. The number of hydrogen-bond acceptors (Lipinski definition) is 6. The molecule has 3 heterocycles. The summed E-state index contributed by atoms with van der Waals surface area (Å²) in [4.78, 5) is 13.8. The van der Waals surface area contributed by atoms with E-state index < -0.39 is 0 Å². The van der Waals surface area contributed by atoms with Crippen LogP contribution in [0.3, 0.4) is 0 Å². The summed E-state index contributed by atoms with van der Waals surface area (Å²) in [7, 11) is 1.88. The van der Waals surface area contributed by atoms with Gasteiger partial charge in [-0.1, -0.05) is 0 Å². The first-order chi connectivity index (χ1) is 10.0. The first-order valence-corrected chi connectivity index (χ1v) is 7.33. The van der Waals surface area contributed by atoms with Crippen molar-refractivity contribution in [1.82, 2.24) is 20.3 Å². The van der Waals surface area contributed by atoms with Crippen LogP contribution in [0.1, 0.15) is 24.6 Å². The van der Waals surface area contributed by atoms with Crippen LogP contribution in [0.25, 0.3) is 11.0 Å². The Bertz CT molecular complexity index is 675. The molecule has 6 nitrogen and oxygen atoms in total. The van der Waals surface area contributed by atoms with Gasteiger partial charge in [-0.25, -0.2) is 4.98 Å². The number of fused-ring (bicyclic) bond motifs is 1. The lowest BCUT2D eigenvalue weighted by molar-refractivity contribution is 0.561. The Morgan fingerprint density at radius 2 is 2.05 bits per heavy atom. The van der Waals surface area contributed by atoms with Crippen molar-refractivity contribution >= 4 is 22.8 Å². The largest absolute Gasteiger partial charge is 0.372 e. The molecule has 2 aromatic heterocycles. The van der Waals surface area contributed by atoms with Crippen molar-refractivity contribution in [2.24, 2.45) is 0 Å². The number of nitrogens with zero attached hydrogens (tertiary/aromatic N) is 3. The van der Waals surface area contributed by atoms with Crippen LogP contribution in [-0.4, -0.2) is 40.6 Å². The molecule has 1 atom stereocenters. The Morgan fingerprint density at radius 3 is 2.71 bits per heavy atom. The van der Waals surface area contributed by atoms with E-state index in [9.17, 15) is 0 Å². The molecular weight excluding hydrogens is 264 g/mol. The molecule has 112 valence electrons. The first-order valence-electron chi connectivity index (χ1n) is 7.33. The van der Waals surface area contributed by atoms with Crippen LogP contribution < -0.4 is 16.0 Å². The van der Waals surface area contributed by atoms with Gasteiger partial charge in [-0.05, 0) is 45.4 Å². The van der Waals surface area contributed by atoms with Crippen LogP contribution in [0.15, 0.2) is 6.07 Å². The van der Waals surface area contributed by atoms with E-state index in [0.717, 1.165) is 47.6 Å². The molecular formula is C15H22N6. The maximum Gasteiger partial charge on any atom is 0.227 e. The average molecular weight is 286 g/mol. The summed E-state index contributed by atoms with van der Waals surface area (Å²) in [6.45, 7) is 8.18. The van der Waals surface area contributed by atoms with Gasteiger partial charge in [0.25, 0.3) is 0 Å². The van der Waals surface area contributed by atoms with Gasteiger partial charge in [0.1, 0.15) is 5.82 Å². The lowest BCUT2D eigenvalue weighted by Gasteiger charge is -2.24. The van der Waals surface area contributed by atoms with Crippen LogP contribution in [0.2, 0.25) is 0 Å². The molecule has 3 rings (SSSR count). The number of hydrogen-bond donors (Lipinski definition) is 3. The Morgan fingerprint density at radius 1 is 1.24 bits per heavy atom. The molecule has 0 radical (unpaired) electrons. The maximum atomic E-state index is 4.62. The molecule has 6 heteroatoms. The summed E-state index contributed by atoms with van der Waals surface area (Å²) in [5.41, 5.74) is 2.85. The van der Waals surface area contributed by atoms with Gasteiger partial charge in [0.15, 0.2) is 5.65 Å². The van der Waals surface area contributed by atoms with E-state index >= 15 is 0 Å². The minimum atomic E-state index is -0.00242. The Balaban J connectivity index is 2.08. The standard InChI is InChI=1S/C15H22N6/c1-9-7-10(2)18-13-11(9)12(16-4)19-14(20-13)21-15(3)5-6-17-8-15/h7,17H,5-6,8H2,1-4H3,(H2,16,18,19,20,21)/t15-/m0/s1. The van der Waals surface area contributed by atoms with E-state index in [0.29, 0.717) is 5.95 Å². The van der Waals surface area contributed by atoms with Gasteiger partial charge in [0, 0.05) is 19.3 Å². The van der Waals surface area contributed by atoms with Gasteiger partial charge < -0.3 is 16.0 Å². The molecule has 0 aliphatic carbocycles. The third-order valence-electron chi connectivity index (χ3n) is 4.01. The molecule has 0 spiro atoms. The van der Waals surface area contributed by atoms with Gasteiger partial charge in [-0.2, -0.15) is 9.97 Å². The molecule has 0 saturated carbocycles. The second-order valence-corrected chi connectivity index (χ2v) is 6.04. The zero-order chi connectivity index (χ0) is 15.0. The fourth-order valence-corrected chi connectivity index (χ4v) is 2.91. The fourth-order valence-electron chi connectivity index (χ4n) is 2.91. The van der Waals surface area contributed by atoms with Gasteiger partial charge in [-0.3, -0.25) is 0 Å². The second-order valence-electron chi connectivity index (χ2n) is 6.04. The Kier molecular flexibility index (Phi) is 3.41. The summed E-state index contributed by atoms with van der Waals surface area (Å²) in [5.74, 6) is 1.46. The predicted octanol–water partition coefficient (Wildman–Crippen LogP) is 1.85. The molecule has 1 fully saturated rings. The molecule has 0 amide bonds. The Hall–Kier alpha value is -1.95. The van der Waals surface area contributed by atoms with E-state index in [-0.39, 0.29) is 5.54 Å². The predicted molar refractivity (Wildman–Crippen MR) is 85.9 cm³/mol. The smallest absolute Gasteiger partial charge is 0.227 e. The van der Waals surface area contributed by atoms with Crippen molar-refractivity contribution in [2.75, 3.05) is 30.8 Å². The van der Waals surface area contributed by atoms with Crippen LogP contribution in [0.5, 0.6) is 0 Å². The number of nitrogens with one attached hydrogen (secondary N) is 3. The highest BCUT2D eigenvalue weighted by molar-refractivity contribution is 5.90. The highest BCUT2D eigenvalue weighted by Crippen LogP contribution is 2.26. The molecule has 2 aromatic rings. The number of aromatic nitrogens is 3. The van der Waals surface area contributed by atoms with Crippen LogP contribution in [0.4, 0.5) is 11.8 Å². The normalized spacial score (nSPS) is 21.7. The van der Waals surface area contributed by atoms with Crippen molar-refractivity contribution in [2.45, 2.75) is 32.7 Å². The van der Waals surface area contributed by atoms with E-state index in [4.69, 9.17) is 0 Å². The third kappa shape index (κ3) is 2.63. The summed E-state index contributed by atoms with van der Waals surface area (Å²) in [6, 6.07) is 2.06. The maximum absolute atomic E-state index is 4.62. The monoisotopic (exact) mass is 286 g/mol. The molecule has 3 N–H and O–H groups in total. The summed E-state index contributed by atoms with van der Waals surface area (Å²) < 4.78 is 0. The summed E-state index contributed by atoms with van der Waals surface area (Å²) in [6.07, 6.45) is 1.06. The molecule has 0 unspecified atom stereocenters. The lowest BCUT2D eigenvalue weighted by atomic mass is 10.0. The van der Waals surface area contributed by atoms with Gasteiger partial charge >= 0.3 is 0 Å². The number of pyridine rings is 1. The quantitative estimate of drug-likeness (QED) is 0.799. The van der Waals surface area contributed by atoms with Crippen LogP contribution in [0, 0.1) is 13.8 Å².